The van der Waals surface area contributed by atoms with Gasteiger partial charge in [0.25, 0.3) is 0 Å². The maximum absolute atomic E-state index is 11.9. The van der Waals surface area contributed by atoms with E-state index in [1.54, 1.807) is 0 Å². The van der Waals surface area contributed by atoms with Crippen molar-refractivity contribution in [1.29, 1.82) is 0 Å². The first-order valence-electron chi connectivity index (χ1n) is 8.15. The molecular formula is C18H28N2O. The molecular weight excluding hydrogens is 260 g/mol. The molecule has 1 aromatic carbocycles. The fourth-order valence-corrected chi connectivity index (χ4v) is 3.37. The van der Waals surface area contributed by atoms with Crippen molar-refractivity contribution in [2.24, 2.45) is 0 Å². The number of carbonyl (C=O) groups is 1. The van der Waals surface area contributed by atoms with E-state index in [-0.39, 0.29) is 11.3 Å². The summed E-state index contributed by atoms with van der Waals surface area (Å²) in [4.78, 5) is 11.9. The topological polar surface area (TPSA) is 41.1 Å². The molecule has 1 saturated carbocycles. The SMILES string of the molecule is CNCCC(=O)NCC1(c2cccc(C)c2)CCCCC1. The number of benzene rings is 1. The van der Waals surface area contributed by atoms with Gasteiger partial charge in [-0.25, -0.2) is 0 Å². The third-order valence-electron chi connectivity index (χ3n) is 4.67. The van der Waals surface area contributed by atoms with E-state index in [9.17, 15) is 4.79 Å². The second kappa shape index (κ2) is 7.60. The Kier molecular flexibility index (Phi) is 5.80. The molecule has 2 N–H and O–H groups in total. The Morgan fingerprint density at radius 2 is 2.00 bits per heavy atom. The molecule has 3 nitrogen and oxygen atoms in total. The van der Waals surface area contributed by atoms with Crippen molar-refractivity contribution in [1.82, 2.24) is 10.6 Å². The lowest BCUT2D eigenvalue weighted by Crippen LogP contribution is -2.42. The van der Waals surface area contributed by atoms with Gasteiger partial charge in [-0.15, -0.1) is 0 Å². The summed E-state index contributed by atoms with van der Waals surface area (Å²) >= 11 is 0. The Morgan fingerprint density at radius 3 is 2.67 bits per heavy atom. The summed E-state index contributed by atoms with van der Waals surface area (Å²) in [5, 5.41) is 6.19. The lowest BCUT2D eigenvalue weighted by atomic mass is 9.69. The number of aryl methyl sites for hydroxylation is 1. The maximum atomic E-state index is 11.9. The molecule has 1 fully saturated rings. The van der Waals surface area contributed by atoms with E-state index in [0.29, 0.717) is 6.42 Å². The van der Waals surface area contributed by atoms with Gasteiger partial charge in [-0.2, -0.15) is 0 Å². The van der Waals surface area contributed by atoms with Crippen LogP contribution in [0.3, 0.4) is 0 Å². The summed E-state index contributed by atoms with van der Waals surface area (Å²) in [6, 6.07) is 8.82. The van der Waals surface area contributed by atoms with Crippen molar-refractivity contribution in [2.45, 2.75) is 50.9 Å². The minimum atomic E-state index is 0.138. The maximum Gasteiger partial charge on any atom is 0.221 e. The Balaban J connectivity index is 2.08. The quantitative estimate of drug-likeness (QED) is 0.845. The largest absolute Gasteiger partial charge is 0.355 e. The summed E-state index contributed by atoms with van der Waals surface area (Å²) in [5.74, 6) is 0.155. The van der Waals surface area contributed by atoms with Crippen LogP contribution in [0.25, 0.3) is 0 Å². The van der Waals surface area contributed by atoms with E-state index in [1.807, 2.05) is 7.05 Å². The zero-order valence-corrected chi connectivity index (χ0v) is 13.4. The average Bonchev–Trinajstić information content (AvgIpc) is 2.52. The predicted molar refractivity (Wildman–Crippen MR) is 87.5 cm³/mol. The van der Waals surface area contributed by atoms with Crippen molar-refractivity contribution >= 4 is 5.91 Å². The first-order chi connectivity index (χ1) is 10.2. The normalized spacial score (nSPS) is 17.4. The van der Waals surface area contributed by atoms with Crippen LogP contribution >= 0.6 is 0 Å². The van der Waals surface area contributed by atoms with Crippen molar-refractivity contribution in [2.75, 3.05) is 20.1 Å². The first kappa shape index (κ1) is 16.0. The number of nitrogens with one attached hydrogen (secondary N) is 2. The van der Waals surface area contributed by atoms with Crippen LogP contribution in [0.4, 0.5) is 0 Å². The number of amides is 1. The van der Waals surface area contributed by atoms with Gasteiger partial charge in [0.2, 0.25) is 5.91 Å². The number of hydrogen-bond donors (Lipinski definition) is 2. The monoisotopic (exact) mass is 288 g/mol. The van der Waals surface area contributed by atoms with Gasteiger partial charge < -0.3 is 10.6 Å². The van der Waals surface area contributed by atoms with Crippen molar-refractivity contribution < 1.29 is 4.79 Å². The smallest absolute Gasteiger partial charge is 0.221 e. The summed E-state index contributed by atoms with van der Waals surface area (Å²) in [7, 11) is 1.88. The van der Waals surface area contributed by atoms with Gasteiger partial charge in [0, 0.05) is 24.9 Å². The molecule has 0 spiro atoms. The standard InChI is InChI=1S/C18H28N2O/c1-15-7-6-8-16(13-15)18(10-4-3-5-11-18)14-20-17(21)9-12-19-2/h6-8,13,19H,3-5,9-12,14H2,1-2H3,(H,20,21). The zero-order valence-electron chi connectivity index (χ0n) is 13.4. The van der Waals surface area contributed by atoms with E-state index in [2.05, 4.69) is 41.8 Å². The second-order valence-corrected chi connectivity index (χ2v) is 6.34. The minimum Gasteiger partial charge on any atom is -0.355 e. The number of carbonyl (C=O) groups excluding carboxylic acids is 1. The van der Waals surface area contributed by atoms with Gasteiger partial charge in [0.15, 0.2) is 0 Å². The highest BCUT2D eigenvalue weighted by Gasteiger charge is 2.34. The van der Waals surface area contributed by atoms with Crippen molar-refractivity contribution in [3.8, 4) is 0 Å². The molecule has 0 radical (unpaired) electrons. The van der Waals surface area contributed by atoms with Crippen LogP contribution in [0, 0.1) is 6.92 Å². The lowest BCUT2D eigenvalue weighted by Gasteiger charge is -2.38. The van der Waals surface area contributed by atoms with Gasteiger partial charge in [-0.05, 0) is 32.4 Å². The molecule has 0 bridgehead atoms. The summed E-state index contributed by atoms with van der Waals surface area (Å²) in [6.07, 6.45) is 6.77. The van der Waals surface area contributed by atoms with E-state index in [0.717, 1.165) is 13.1 Å². The predicted octanol–water partition coefficient (Wildman–Crippen LogP) is 2.92. The molecule has 21 heavy (non-hydrogen) atoms. The molecule has 0 unspecified atom stereocenters. The lowest BCUT2D eigenvalue weighted by molar-refractivity contribution is -0.121. The van der Waals surface area contributed by atoms with Crippen LogP contribution in [0.15, 0.2) is 24.3 Å². The van der Waals surface area contributed by atoms with E-state index in [4.69, 9.17) is 0 Å². The molecule has 1 aliphatic rings. The number of rotatable bonds is 6. The van der Waals surface area contributed by atoms with E-state index >= 15 is 0 Å². The zero-order chi connectivity index (χ0) is 15.1. The molecule has 1 aromatic rings. The van der Waals surface area contributed by atoms with Crippen molar-refractivity contribution in [3.05, 3.63) is 35.4 Å². The van der Waals surface area contributed by atoms with Crippen LogP contribution in [0.5, 0.6) is 0 Å². The molecule has 0 aliphatic heterocycles. The molecule has 0 aromatic heterocycles. The van der Waals surface area contributed by atoms with E-state index in [1.165, 1.54) is 43.2 Å². The Bertz CT molecular complexity index is 464. The molecule has 2 rings (SSSR count). The first-order valence-corrected chi connectivity index (χ1v) is 8.15. The Hall–Kier alpha value is -1.35. The van der Waals surface area contributed by atoms with Crippen LogP contribution in [0.2, 0.25) is 0 Å². The van der Waals surface area contributed by atoms with Crippen LogP contribution < -0.4 is 10.6 Å². The summed E-state index contributed by atoms with van der Waals surface area (Å²) < 4.78 is 0. The van der Waals surface area contributed by atoms with Gasteiger partial charge in [0.05, 0.1) is 0 Å². The highest BCUT2D eigenvalue weighted by molar-refractivity contribution is 5.76. The molecule has 1 aliphatic carbocycles. The molecule has 0 heterocycles. The third kappa shape index (κ3) is 4.31. The Labute approximate surface area is 128 Å². The fraction of sp³-hybridized carbons (Fsp3) is 0.611. The molecule has 116 valence electrons. The average molecular weight is 288 g/mol. The van der Waals surface area contributed by atoms with Crippen molar-refractivity contribution in [3.63, 3.8) is 0 Å². The molecule has 1 amide bonds. The van der Waals surface area contributed by atoms with Gasteiger partial charge in [-0.1, -0.05) is 49.1 Å². The van der Waals surface area contributed by atoms with Gasteiger partial charge in [-0.3, -0.25) is 4.79 Å². The Morgan fingerprint density at radius 1 is 1.24 bits per heavy atom. The summed E-state index contributed by atoms with van der Waals surface area (Å²) in [6.45, 7) is 3.66. The van der Waals surface area contributed by atoms with Crippen LogP contribution in [0.1, 0.15) is 49.7 Å². The molecule has 3 heteroatoms. The molecule has 0 saturated heterocycles. The highest BCUT2D eigenvalue weighted by Crippen LogP contribution is 2.39. The van der Waals surface area contributed by atoms with E-state index < -0.39 is 0 Å². The fourth-order valence-electron chi connectivity index (χ4n) is 3.37. The molecule has 0 atom stereocenters. The second-order valence-electron chi connectivity index (χ2n) is 6.34. The van der Waals surface area contributed by atoms with Gasteiger partial charge >= 0.3 is 0 Å². The van der Waals surface area contributed by atoms with Crippen LogP contribution in [-0.2, 0) is 10.2 Å². The van der Waals surface area contributed by atoms with Gasteiger partial charge in [0.1, 0.15) is 0 Å². The highest BCUT2D eigenvalue weighted by atomic mass is 16.1. The third-order valence-corrected chi connectivity index (χ3v) is 4.67. The minimum absolute atomic E-state index is 0.138. The number of hydrogen-bond acceptors (Lipinski definition) is 2. The van der Waals surface area contributed by atoms with Crippen LogP contribution in [-0.4, -0.2) is 26.0 Å². The summed E-state index contributed by atoms with van der Waals surface area (Å²) in [5.41, 5.74) is 2.84.